The minimum absolute atomic E-state index is 0.00275. The van der Waals surface area contributed by atoms with Crippen LogP contribution in [0.15, 0.2) is 48.5 Å². The Morgan fingerprint density at radius 2 is 1.61 bits per heavy atom. The molecule has 0 saturated carbocycles. The summed E-state index contributed by atoms with van der Waals surface area (Å²) in [5.41, 5.74) is 1.87. The van der Waals surface area contributed by atoms with Gasteiger partial charge in [0.15, 0.2) is 0 Å². The summed E-state index contributed by atoms with van der Waals surface area (Å²) in [6.45, 7) is 2.39. The van der Waals surface area contributed by atoms with E-state index in [2.05, 4.69) is 10.6 Å². The third-order valence-electron chi connectivity index (χ3n) is 3.28. The Bertz CT molecular complexity index is 649. The largest absolute Gasteiger partial charge is 0.416 e. The SMILES string of the molecule is Cc1ccc(CNC(=O)CNc2ccc(C(F)(F)F)cc2)cc1. The van der Waals surface area contributed by atoms with Crippen molar-refractivity contribution in [3.05, 3.63) is 65.2 Å². The Balaban J connectivity index is 1.79. The van der Waals surface area contributed by atoms with Crippen molar-refractivity contribution in [2.75, 3.05) is 11.9 Å². The van der Waals surface area contributed by atoms with Crippen LogP contribution in [0.3, 0.4) is 0 Å². The van der Waals surface area contributed by atoms with Crippen LogP contribution in [-0.4, -0.2) is 12.5 Å². The average Bonchev–Trinajstić information content (AvgIpc) is 2.52. The van der Waals surface area contributed by atoms with Gasteiger partial charge in [0.2, 0.25) is 5.91 Å². The number of hydrogen-bond acceptors (Lipinski definition) is 2. The summed E-state index contributed by atoms with van der Waals surface area (Å²) in [5.74, 6) is -0.231. The summed E-state index contributed by atoms with van der Waals surface area (Å²) in [4.78, 5) is 11.7. The number of carbonyl (C=O) groups excluding carboxylic acids is 1. The quantitative estimate of drug-likeness (QED) is 0.880. The minimum atomic E-state index is -4.36. The summed E-state index contributed by atoms with van der Waals surface area (Å²) < 4.78 is 37.3. The van der Waals surface area contributed by atoms with Crippen molar-refractivity contribution in [2.24, 2.45) is 0 Å². The third kappa shape index (κ3) is 5.32. The molecule has 0 aromatic heterocycles. The topological polar surface area (TPSA) is 41.1 Å². The molecule has 122 valence electrons. The van der Waals surface area contributed by atoms with Crippen molar-refractivity contribution in [3.8, 4) is 0 Å². The van der Waals surface area contributed by atoms with E-state index in [1.165, 1.54) is 12.1 Å². The van der Waals surface area contributed by atoms with Crippen molar-refractivity contribution in [1.29, 1.82) is 0 Å². The van der Waals surface area contributed by atoms with Crippen LogP contribution in [0.1, 0.15) is 16.7 Å². The standard InChI is InChI=1S/C17H17F3N2O/c1-12-2-4-13(5-3-12)10-22-16(23)11-21-15-8-6-14(7-9-15)17(18,19)20/h2-9,21H,10-11H2,1H3,(H,22,23). The van der Waals surface area contributed by atoms with Gasteiger partial charge in [-0.25, -0.2) is 0 Å². The zero-order valence-corrected chi connectivity index (χ0v) is 12.6. The number of amides is 1. The van der Waals surface area contributed by atoms with Crippen molar-refractivity contribution in [3.63, 3.8) is 0 Å². The number of anilines is 1. The first-order valence-corrected chi connectivity index (χ1v) is 7.08. The van der Waals surface area contributed by atoms with Crippen LogP contribution in [-0.2, 0) is 17.5 Å². The third-order valence-corrected chi connectivity index (χ3v) is 3.28. The molecule has 0 atom stereocenters. The summed E-state index contributed by atoms with van der Waals surface area (Å²) in [7, 11) is 0. The van der Waals surface area contributed by atoms with Crippen LogP contribution in [0.5, 0.6) is 0 Å². The van der Waals surface area contributed by atoms with E-state index in [-0.39, 0.29) is 12.5 Å². The van der Waals surface area contributed by atoms with E-state index in [0.29, 0.717) is 12.2 Å². The van der Waals surface area contributed by atoms with E-state index in [0.717, 1.165) is 23.3 Å². The molecule has 23 heavy (non-hydrogen) atoms. The highest BCUT2D eigenvalue weighted by Crippen LogP contribution is 2.29. The second-order valence-electron chi connectivity index (χ2n) is 5.19. The molecule has 0 bridgehead atoms. The van der Waals surface area contributed by atoms with Gasteiger partial charge in [-0.1, -0.05) is 29.8 Å². The molecule has 0 heterocycles. The van der Waals surface area contributed by atoms with Crippen LogP contribution in [0, 0.1) is 6.92 Å². The van der Waals surface area contributed by atoms with Gasteiger partial charge >= 0.3 is 6.18 Å². The molecule has 3 nitrogen and oxygen atoms in total. The fourth-order valence-electron chi connectivity index (χ4n) is 1.93. The van der Waals surface area contributed by atoms with Crippen LogP contribution >= 0.6 is 0 Å². The van der Waals surface area contributed by atoms with Gasteiger partial charge in [0.05, 0.1) is 12.1 Å². The van der Waals surface area contributed by atoms with E-state index in [1.807, 2.05) is 31.2 Å². The summed E-state index contributed by atoms with van der Waals surface area (Å²) in [5, 5.41) is 5.53. The number of benzene rings is 2. The van der Waals surface area contributed by atoms with E-state index in [1.54, 1.807) is 0 Å². The van der Waals surface area contributed by atoms with Crippen LogP contribution in [0.4, 0.5) is 18.9 Å². The van der Waals surface area contributed by atoms with E-state index in [9.17, 15) is 18.0 Å². The van der Waals surface area contributed by atoms with Crippen LogP contribution in [0.25, 0.3) is 0 Å². The molecule has 2 aromatic rings. The fourth-order valence-corrected chi connectivity index (χ4v) is 1.93. The van der Waals surface area contributed by atoms with Crippen LogP contribution in [0.2, 0.25) is 0 Å². The summed E-state index contributed by atoms with van der Waals surface area (Å²) in [6, 6.07) is 12.3. The monoisotopic (exact) mass is 322 g/mol. The van der Waals surface area contributed by atoms with Gasteiger partial charge in [0, 0.05) is 12.2 Å². The molecule has 2 N–H and O–H groups in total. The normalized spacial score (nSPS) is 11.1. The lowest BCUT2D eigenvalue weighted by Crippen LogP contribution is -2.29. The van der Waals surface area contributed by atoms with Gasteiger partial charge in [-0.3, -0.25) is 4.79 Å². The maximum Gasteiger partial charge on any atom is 0.416 e. The molecule has 0 aliphatic heterocycles. The Morgan fingerprint density at radius 1 is 1.00 bits per heavy atom. The van der Waals surface area contributed by atoms with Gasteiger partial charge < -0.3 is 10.6 Å². The maximum atomic E-state index is 12.4. The van der Waals surface area contributed by atoms with Gasteiger partial charge in [-0.05, 0) is 36.8 Å². The highest BCUT2D eigenvalue weighted by atomic mass is 19.4. The lowest BCUT2D eigenvalue weighted by molar-refractivity contribution is -0.137. The smallest absolute Gasteiger partial charge is 0.376 e. The molecule has 0 aliphatic rings. The number of alkyl halides is 3. The highest BCUT2D eigenvalue weighted by Gasteiger charge is 2.29. The molecule has 0 spiro atoms. The number of hydrogen-bond donors (Lipinski definition) is 2. The van der Waals surface area contributed by atoms with Gasteiger partial charge in [-0.15, -0.1) is 0 Å². The van der Waals surface area contributed by atoms with Gasteiger partial charge in [-0.2, -0.15) is 13.2 Å². The predicted molar refractivity (Wildman–Crippen MR) is 83.0 cm³/mol. The first-order chi connectivity index (χ1) is 10.8. The Hall–Kier alpha value is -2.50. The zero-order valence-electron chi connectivity index (χ0n) is 12.6. The van der Waals surface area contributed by atoms with E-state index < -0.39 is 11.7 Å². The lowest BCUT2D eigenvalue weighted by atomic mass is 10.1. The number of carbonyl (C=O) groups is 1. The highest BCUT2D eigenvalue weighted by molar-refractivity contribution is 5.80. The Labute approximate surface area is 132 Å². The maximum absolute atomic E-state index is 12.4. The van der Waals surface area contributed by atoms with Crippen molar-refractivity contribution < 1.29 is 18.0 Å². The molecule has 0 saturated heterocycles. The van der Waals surface area contributed by atoms with Gasteiger partial charge in [0.25, 0.3) is 0 Å². The molecule has 1 amide bonds. The molecule has 6 heteroatoms. The Kier molecular flexibility index (Phi) is 5.26. The minimum Gasteiger partial charge on any atom is -0.376 e. The van der Waals surface area contributed by atoms with Crippen LogP contribution < -0.4 is 10.6 Å². The average molecular weight is 322 g/mol. The molecule has 2 rings (SSSR count). The molecular formula is C17H17F3N2O. The second-order valence-corrected chi connectivity index (χ2v) is 5.19. The number of halogens is 3. The molecule has 0 fully saturated rings. The molecule has 0 unspecified atom stereocenters. The van der Waals surface area contributed by atoms with Crippen molar-refractivity contribution in [1.82, 2.24) is 5.32 Å². The van der Waals surface area contributed by atoms with Crippen molar-refractivity contribution >= 4 is 11.6 Å². The second kappa shape index (κ2) is 7.17. The number of aryl methyl sites for hydroxylation is 1. The van der Waals surface area contributed by atoms with E-state index >= 15 is 0 Å². The lowest BCUT2D eigenvalue weighted by Gasteiger charge is -2.10. The molecular weight excluding hydrogens is 305 g/mol. The van der Waals surface area contributed by atoms with Gasteiger partial charge in [0.1, 0.15) is 0 Å². The molecule has 0 aliphatic carbocycles. The Morgan fingerprint density at radius 3 is 2.17 bits per heavy atom. The summed E-state index contributed by atoms with van der Waals surface area (Å²) in [6.07, 6.45) is -4.36. The zero-order chi connectivity index (χ0) is 16.9. The molecule has 2 aromatic carbocycles. The number of nitrogens with one attached hydrogen (secondary N) is 2. The fraction of sp³-hybridized carbons (Fsp3) is 0.235. The van der Waals surface area contributed by atoms with E-state index in [4.69, 9.17) is 0 Å². The first-order valence-electron chi connectivity index (χ1n) is 7.08. The first kappa shape index (κ1) is 16.9. The summed E-state index contributed by atoms with van der Waals surface area (Å²) >= 11 is 0. The predicted octanol–water partition coefficient (Wildman–Crippen LogP) is 3.74. The molecule has 0 radical (unpaired) electrons. The number of rotatable bonds is 5. The van der Waals surface area contributed by atoms with Crippen molar-refractivity contribution in [2.45, 2.75) is 19.6 Å².